The van der Waals surface area contributed by atoms with Crippen molar-refractivity contribution in [2.45, 2.75) is 39.0 Å². The first-order chi connectivity index (χ1) is 10.8. The molecule has 2 rings (SSSR count). The van der Waals surface area contributed by atoms with Gasteiger partial charge in [-0.25, -0.2) is 12.7 Å². The highest BCUT2D eigenvalue weighted by Crippen LogP contribution is 2.24. The number of rotatable bonds is 5. The molecule has 0 aromatic carbocycles. The van der Waals surface area contributed by atoms with Gasteiger partial charge in [0.05, 0.1) is 11.7 Å². The molecule has 0 saturated carbocycles. The zero-order chi connectivity index (χ0) is 17.0. The number of hydrogen-bond donors (Lipinski definition) is 1. The maximum absolute atomic E-state index is 12.6. The molecule has 2 amide bonds. The molecule has 2 fully saturated rings. The van der Waals surface area contributed by atoms with Gasteiger partial charge < -0.3 is 10.6 Å². The molecule has 1 unspecified atom stereocenters. The van der Waals surface area contributed by atoms with Crippen LogP contribution in [-0.2, 0) is 19.6 Å². The first kappa shape index (κ1) is 18.2. The Hall–Kier alpha value is -1.15. The smallest absolute Gasteiger partial charge is 0.227 e. The van der Waals surface area contributed by atoms with Crippen LogP contribution in [0.15, 0.2) is 0 Å². The Balaban J connectivity index is 1.94. The lowest BCUT2D eigenvalue weighted by atomic mass is 9.93. The fraction of sp³-hybridized carbons (Fsp3) is 0.867. The van der Waals surface area contributed by atoms with Crippen molar-refractivity contribution in [1.82, 2.24) is 9.21 Å². The summed E-state index contributed by atoms with van der Waals surface area (Å²) >= 11 is 0. The number of nitrogens with zero attached hydrogens (tertiary/aromatic N) is 2. The Morgan fingerprint density at radius 3 is 2.30 bits per heavy atom. The topological polar surface area (TPSA) is 101 Å². The minimum atomic E-state index is -3.25. The average Bonchev–Trinajstić information content (AvgIpc) is 2.54. The van der Waals surface area contributed by atoms with E-state index in [1.165, 1.54) is 4.31 Å². The molecule has 132 valence electrons. The van der Waals surface area contributed by atoms with Gasteiger partial charge in [-0.2, -0.15) is 0 Å². The van der Waals surface area contributed by atoms with Gasteiger partial charge in [-0.1, -0.05) is 6.92 Å². The fourth-order valence-electron chi connectivity index (χ4n) is 3.43. The van der Waals surface area contributed by atoms with Crippen LogP contribution < -0.4 is 5.73 Å². The number of carbonyl (C=O) groups is 2. The van der Waals surface area contributed by atoms with Gasteiger partial charge in [0.1, 0.15) is 0 Å². The summed E-state index contributed by atoms with van der Waals surface area (Å²) in [4.78, 5) is 25.6. The summed E-state index contributed by atoms with van der Waals surface area (Å²) in [6.45, 7) is 3.70. The van der Waals surface area contributed by atoms with Crippen LogP contribution in [-0.4, -0.2) is 61.4 Å². The molecule has 7 nitrogen and oxygen atoms in total. The molecule has 2 aliphatic heterocycles. The van der Waals surface area contributed by atoms with Crippen LogP contribution in [0, 0.1) is 11.8 Å². The molecule has 2 N–H and O–H groups in total. The lowest BCUT2D eigenvalue weighted by Crippen LogP contribution is -2.49. The van der Waals surface area contributed by atoms with E-state index in [1.54, 1.807) is 4.90 Å². The van der Waals surface area contributed by atoms with Crippen LogP contribution in [0.25, 0.3) is 0 Å². The normalized spacial score (nSPS) is 24.6. The van der Waals surface area contributed by atoms with Gasteiger partial charge in [-0.05, 0) is 32.1 Å². The van der Waals surface area contributed by atoms with E-state index < -0.39 is 10.0 Å². The summed E-state index contributed by atoms with van der Waals surface area (Å²) < 4.78 is 25.9. The van der Waals surface area contributed by atoms with Crippen molar-refractivity contribution in [2.24, 2.45) is 17.6 Å². The molecular formula is C15H27N3O4S. The lowest BCUT2D eigenvalue weighted by molar-refractivity contribution is -0.139. The predicted molar refractivity (Wildman–Crippen MR) is 86.9 cm³/mol. The van der Waals surface area contributed by atoms with Crippen molar-refractivity contribution >= 4 is 21.8 Å². The second kappa shape index (κ2) is 7.61. The Kier molecular flexibility index (Phi) is 6.02. The Morgan fingerprint density at radius 1 is 1.09 bits per heavy atom. The molecule has 2 aliphatic rings. The van der Waals surface area contributed by atoms with E-state index in [0.29, 0.717) is 38.9 Å². The van der Waals surface area contributed by atoms with E-state index in [2.05, 4.69) is 0 Å². The summed E-state index contributed by atoms with van der Waals surface area (Å²) in [6.07, 6.45) is 3.24. The molecular weight excluding hydrogens is 318 g/mol. The Bertz CT molecular complexity index is 541. The van der Waals surface area contributed by atoms with Crippen molar-refractivity contribution in [3.63, 3.8) is 0 Å². The standard InChI is InChI=1S/C15H27N3O4S/c1-2-10-23(21,22)18-7-3-4-13(11-18)15(20)17-8-5-12(6-9-17)14(16)19/h12-13H,2-11H2,1H3,(H2,16,19). The fourth-order valence-corrected chi connectivity index (χ4v) is 5.01. The van der Waals surface area contributed by atoms with Crippen molar-refractivity contribution in [1.29, 1.82) is 0 Å². The summed E-state index contributed by atoms with van der Waals surface area (Å²) in [7, 11) is -3.25. The average molecular weight is 345 g/mol. The van der Waals surface area contributed by atoms with E-state index in [-0.39, 0.29) is 35.9 Å². The highest BCUT2D eigenvalue weighted by atomic mass is 32.2. The van der Waals surface area contributed by atoms with Gasteiger partial charge in [0.25, 0.3) is 0 Å². The van der Waals surface area contributed by atoms with Gasteiger partial charge in [-0.3, -0.25) is 9.59 Å². The second-order valence-corrected chi connectivity index (χ2v) is 8.60. The minimum absolute atomic E-state index is 0.0179. The summed E-state index contributed by atoms with van der Waals surface area (Å²) in [6, 6.07) is 0. The quantitative estimate of drug-likeness (QED) is 0.767. The van der Waals surface area contributed by atoms with Crippen LogP contribution in [0.5, 0.6) is 0 Å². The second-order valence-electron chi connectivity index (χ2n) is 6.52. The number of piperidine rings is 2. The molecule has 2 heterocycles. The van der Waals surface area contributed by atoms with Crippen molar-refractivity contribution in [3.05, 3.63) is 0 Å². The minimum Gasteiger partial charge on any atom is -0.369 e. The van der Waals surface area contributed by atoms with Crippen LogP contribution in [0.4, 0.5) is 0 Å². The lowest BCUT2D eigenvalue weighted by Gasteiger charge is -2.37. The maximum atomic E-state index is 12.6. The molecule has 23 heavy (non-hydrogen) atoms. The van der Waals surface area contributed by atoms with Gasteiger partial charge in [0, 0.05) is 32.1 Å². The predicted octanol–water partition coefficient (Wildman–Crippen LogP) is 0.162. The maximum Gasteiger partial charge on any atom is 0.227 e. The number of sulfonamides is 1. The summed E-state index contributed by atoms with van der Waals surface area (Å²) in [5.41, 5.74) is 5.31. The molecule has 0 radical (unpaired) electrons. The van der Waals surface area contributed by atoms with Gasteiger partial charge in [0.15, 0.2) is 0 Å². The molecule has 0 bridgehead atoms. The van der Waals surface area contributed by atoms with E-state index in [0.717, 1.165) is 12.8 Å². The molecule has 0 aromatic heterocycles. The van der Waals surface area contributed by atoms with Crippen LogP contribution >= 0.6 is 0 Å². The van der Waals surface area contributed by atoms with Crippen molar-refractivity contribution in [2.75, 3.05) is 31.9 Å². The Labute approximate surface area is 138 Å². The van der Waals surface area contributed by atoms with Gasteiger partial charge in [0.2, 0.25) is 21.8 Å². The number of hydrogen-bond acceptors (Lipinski definition) is 4. The third-order valence-electron chi connectivity index (χ3n) is 4.80. The van der Waals surface area contributed by atoms with Crippen LogP contribution in [0.3, 0.4) is 0 Å². The highest BCUT2D eigenvalue weighted by Gasteiger charge is 2.35. The number of amides is 2. The number of carbonyl (C=O) groups excluding carboxylic acids is 2. The van der Waals surface area contributed by atoms with E-state index in [4.69, 9.17) is 5.73 Å². The first-order valence-corrected chi connectivity index (χ1v) is 10.0. The highest BCUT2D eigenvalue weighted by molar-refractivity contribution is 7.89. The molecule has 1 atom stereocenters. The monoisotopic (exact) mass is 345 g/mol. The number of likely N-dealkylation sites (tertiary alicyclic amines) is 1. The largest absolute Gasteiger partial charge is 0.369 e. The Morgan fingerprint density at radius 2 is 1.74 bits per heavy atom. The summed E-state index contributed by atoms with van der Waals surface area (Å²) in [5, 5.41) is 0. The zero-order valence-electron chi connectivity index (χ0n) is 13.7. The molecule has 0 aliphatic carbocycles. The van der Waals surface area contributed by atoms with Crippen LogP contribution in [0.2, 0.25) is 0 Å². The first-order valence-electron chi connectivity index (χ1n) is 8.41. The molecule has 0 spiro atoms. The molecule has 8 heteroatoms. The van der Waals surface area contributed by atoms with E-state index in [1.807, 2.05) is 6.92 Å². The van der Waals surface area contributed by atoms with Crippen molar-refractivity contribution < 1.29 is 18.0 Å². The van der Waals surface area contributed by atoms with E-state index in [9.17, 15) is 18.0 Å². The van der Waals surface area contributed by atoms with Gasteiger partial charge in [-0.15, -0.1) is 0 Å². The number of nitrogens with two attached hydrogens (primary N) is 1. The van der Waals surface area contributed by atoms with Crippen LogP contribution in [0.1, 0.15) is 39.0 Å². The molecule has 2 saturated heterocycles. The summed E-state index contributed by atoms with van der Waals surface area (Å²) in [5.74, 6) is -0.555. The molecule has 0 aromatic rings. The zero-order valence-corrected chi connectivity index (χ0v) is 14.6. The van der Waals surface area contributed by atoms with E-state index >= 15 is 0 Å². The van der Waals surface area contributed by atoms with Crippen molar-refractivity contribution in [3.8, 4) is 0 Å². The third kappa shape index (κ3) is 4.44. The third-order valence-corrected chi connectivity index (χ3v) is 6.84. The van der Waals surface area contributed by atoms with Gasteiger partial charge >= 0.3 is 0 Å². The SMILES string of the molecule is CCCS(=O)(=O)N1CCCC(C(=O)N2CCC(C(N)=O)CC2)C1. The number of primary amides is 1.